The van der Waals surface area contributed by atoms with Gasteiger partial charge in [-0.05, 0) is 0 Å². The molecule has 4 aliphatic carbocycles. The number of hydrogen-bond donors (Lipinski definition) is 1. The van der Waals surface area contributed by atoms with E-state index in [1.807, 2.05) is 0 Å². The van der Waals surface area contributed by atoms with Gasteiger partial charge in [-0.25, -0.2) is 0 Å². The molecule has 0 aromatic carbocycles. The van der Waals surface area contributed by atoms with Gasteiger partial charge in [0.05, 0.1) is 0 Å². The van der Waals surface area contributed by atoms with E-state index in [1.54, 1.807) is 51.4 Å². The van der Waals surface area contributed by atoms with Crippen LogP contribution < -0.4 is 1.20 Å². The van der Waals surface area contributed by atoms with E-state index in [0.29, 0.717) is 0 Å². The van der Waals surface area contributed by atoms with Crippen molar-refractivity contribution in [2.24, 2.45) is 0 Å². The maximum absolute atomic E-state index is 4.51. The van der Waals surface area contributed by atoms with Gasteiger partial charge in [-0.1, -0.05) is 0 Å². The molecule has 0 aromatic rings. The first kappa shape index (κ1) is 10.6. The standard InChI is InChI=1S/4C3H5.2Bi.HN/c4*1-2-3-1;;;/h4*1H,2-3H2;;;1H. The van der Waals surface area contributed by atoms with Crippen LogP contribution in [0, 0.1) is 0 Å². The van der Waals surface area contributed by atoms with E-state index < -0.39 is 44.1 Å². The number of rotatable bonds is 6. The molecule has 0 aromatic heterocycles. The van der Waals surface area contributed by atoms with Gasteiger partial charge in [-0.3, -0.25) is 0 Å². The maximum atomic E-state index is 4.51. The minimum absolute atomic E-state index is 1.08. The van der Waals surface area contributed by atoms with Crippen molar-refractivity contribution in [2.75, 3.05) is 0 Å². The summed E-state index contributed by atoms with van der Waals surface area (Å²) in [6.07, 6.45) is 13.2. The van der Waals surface area contributed by atoms with E-state index in [-0.39, 0.29) is 0 Å². The molecule has 84 valence electrons. The Kier molecular flexibility index (Phi) is 2.93. The second kappa shape index (κ2) is 4.13. The fourth-order valence-corrected chi connectivity index (χ4v) is 53.0. The van der Waals surface area contributed by atoms with Crippen molar-refractivity contribution in [3.05, 3.63) is 0 Å². The van der Waals surface area contributed by atoms with Gasteiger partial charge in [0.15, 0.2) is 0 Å². The summed E-state index contributed by atoms with van der Waals surface area (Å²) >= 11 is -2.16. The van der Waals surface area contributed by atoms with E-state index in [1.165, 1.54) is 14.5 Å². The van der Waals surface area contributed by atoms with Gasteiger partial charge >= 0.3 is 111 Å². The Bertz CT molecular complexity index is 204. The third-order valence-electron chi connectivity index (χ3n) is 3.99. The SMILES string of the molecule is C1C[CH]1[Bi]([NH][Bi]([CH]1CC1)[CH]1CC1)[CH]1CC1. The molecular weight excluding hydrogens is 576 g/mol. The molecule has 0 bridgehead atoms. The van der Waals surface area contributed by atoms with Crippen LogP contribution in [-0.2, 0) is 0 Å². The van der Waals surface area contributed by atoms with Crippen molar-refractivity contribution in [3.63, 3.8) is 0 Å². The Morgan fingerprint density at radius 3 is 1.00 bits per heavy atom. The predicted molar refractivity (Wildman–Crippen MR) is 66.6 cm³/mol. The Morgan fingerprint density at radius 2 is 0.800 bits per heavy atom. The van der Waals surface area contributed by atoms with Gasteiger partial charge in [0.2, 0.25) is 0 Å². The van der Waals surface area contributed by atoms with Gasteiger partial charge in [0.1, 0.15) is 0 Å². The molecule has 4 saturated carbocycles. The van der Waals surface area contributed by atoms with E-state index in [4.69, 9.17) is 0 Å². The summed E-state index contributed by atoms with van der Waals surface area (Å²) in [7, 11) is 0. The molecule has 0 spiro atoms. The summed E-state index contributed by atoms with van der Waals surface area (Å²) in [6, 6.07) is 0. The van der Waals surface area contributed by atoms with Gasteiger partial charge in [-0.15, -0.1) is 0 Å². The van der Waals surface area contributed by atoms with Crippen LogP contribution >= 0.6 is 0 Å². The molecule has 4 aliphatic rings. The topological polar surface area (TPSA) is 12.0 Å². The number of nitrogens with one attached hydrogen (secondary N) is 1. The molecule has 0 atom stereocenters. The van der Waals surface area contributed by atoms with E-state index in [0.717, 1.165) is 0 Å². The summed E-state index contributed by atoms with van der Waals surface area (Å²) in [5, 5.41) is 0. The van der Waals surface area contributed by atoms with E-state index in [9.17, 15) is 0 Å². The van der Waals surface area contributed by atoms with Crippen LogP contribution in [0.1, 0.15) is 51.4 Å². The molecule has 4 fully saturated rings. The summed E-state index contributed by atoms with van der Waals surface area (Å²) in [4.78, 5) is 0. The Morgan fingerprint density at radius 1 is 0.533 bits per heavy atom. The Labute approximate surface area is 110 Å². The van der Waals surface area contributed by atoms with Crippen LogP contribution in [0.3, 0.4) is 0 Å². The number of hydrogen-bond acceptors (Lipinski definition) is 1. The molecule has 0 saturated heterocycles. The van der Waals surface area contributed by atoms with Gasteiger partial charge < -0.3 is 0 Å². The Balaban J connectivity index is 1.41. The monoisotopic (exact) mass is 597 g/mol. The Hall–Kier alpha value is 1.73. The normalized spacial score (nSPS) is 31.6. The summed E-state index contributed by atoms with van der Waals surface area (Å²) in [6.45, 7) is 0. The molecule has 15 heavy (non-hydrogen) atoms. The van der Waals surface area contributed by atoms with Crippen LogP contribution in [0.15, 0.2) is 0 Å². The van der Waals surface area contributed by atoms with Crippen molar-refractivity contribution in [3.8, 4) is 0 Å². The average molecular weight is 597 g/mol. The second-order valence-corrected chi connectivity index (χ2v) is 31.1. The molecule has 1 N–H and O–H groups in total. The summed E-state index contributed by atoms with van der Waals surface area (Å²) < 4.78 is 9.85. The molecule has 1 nitrogen and oxygen atoms in total. The van der Waals surface area contributed by atoms with Crippen molar-refractivity contribution in [2.45, 2.75) is 65.9 Å². The zero-order valence-corrected chi connectivity index (χ0v) is 16.3. The van der Waals surface area contributed by atoms with Crippen LogP contribution in [0.2, 0.25) is 14.5 Å². The van der Waals surface area contributed by atoms with Crippen molar-refractivity contribution in [1.82, 2.24) is 1.20 Å². The van der Waals surface area contributed by atoms with Crippen molar-refractivity contribution >= 4 is 44.1 Å². The van der Waals surface area contributed by atoms with Crippen LogP contribution in [0.5, 0.6) is 0 Å². The molecule has 0 heterocycles. The summed E-state index contributed by atoms with van der Waals surface area (Å²) in [5.41, 5.74) is 0. The quantitative estimate of drug-likeness (QED) is 0.465. The molecule has 4 rings (SSSR count). The second-order valence-electron chi connectivity index (χ2n) is 5.84. The van der Waals surface area contributed by atoms with E-state index >= 15 is 0 Å². The van der Waals surface area contributed by atoms with E-state index in [2.05, 4.69) is 1.20 Å². The van der Waals surface area contributed by atoms with Gasteiger partial charge in [0.25, 0.3) is 0 Å². The summed E-state index contributed by atoms with van der Waals surface area (Å²) in [5.74, 6) is 0. The van der Waals surface area contributed by atoms with Crippen molar-refractivity contribution < 1.29 is 0 Å². The first-order valence-corrected chi connectivity index (χ1v) is 18.3. The van der Waals surface area contributed by atoms with Gasteiger partial charge in [0, 0.05) is 0 Å². The zero-order valence-electron chi connectivity index (χ0n) is 9.36. The molecule has 0 aliphatic heterocycles. The fraction of sp³-hybridized carbons (Fsp3) is 1.00. The third-order valence-corrected chi connectivity index (χ3v) is 41.8. The average Bonchev–Trinajstić information content (AvgIpc) is 3.02. The molecular formula is C12H21Bi2N. The third kappa shape index (κ3) is 2.60. The van der Waals surface area contributed by atoms with Gasteiger partial charge in [-0.2, -0.15) is 0 Å². The first-order valence-electron chi connectivity index (χ1n) is 6.75. The minimum atomic E-state index is -1.08. The van der Waals surface area contributed by atoms with Crippen molar-refractivity contribution in [1.29, 1.82) is 0 Å². The van der Waals surface area contributed by atoms with Crippen LogP contribution in [0.4, 0.5) is 0 Å². The fourth-order valence-electron chi connectivity index (χ4n) is 2.47. The van der Waals surface area contributed by atoms with Crippen LogP contribution in [-0.4, -0.2) is 44.1 Å². The molecule has 3 heteroatoms. The molecule has 0 radical (unpaired) electrons. The first-order chi connectivity index (χ1) is 7.42. The zero-order chi connectivity index (χ0) is 9.83. The van der Waals surface area contributed by atoms with Crippen LogP contribution in [0.25, 0.3) is 0 Å². The molecule has 0 amide bonds. The molecule has 0 unspecified atom stereocenters. The predicted octanol–water partition coefficient (Wildman–Crippen LogP) is 3.22.